The third kappa shape index (κ3) is 3.72. The van der Waals surface area contributed by atoms with Crippen LogP contribution in [0.4, 0.5) is 0 Å². The Morgan fingerprint density at radius 3 is 2.52 bits per heavy atom. The third-order valence-corrected chi connectivity index (χ3v) is 5.25. The summed E-state index contributed by atoms with van der Waals surface area (Å²) in [5.41, 5.74) is 9.49. The van der Waals surface area contributed by atoms with Crippen molar-refractivity contribution in [1.29, 1.82) is 0 Å². The van der Waals surface area contributed by atoms with E-state index >= 15 is 0 Å². The Hall–Kier alpha value is -2.24. The van der Waals surface area contributed by atoms with Crippen molar-refractivity contribution >= 4 is 29.3 Å². The molecule has 1 amide bonds. The molecule has 0 radical (unpaired) electrons. The molecule has 1 unspecified atom stereocenters. The Morgan fingerprint density at radius 2 is 1.88 bits per heavy atom. The van der Waals surface area contributed by atoms with Crippen LogP contribution < -0.4 is 5.73 Å². The predicted octanol–water partition coefficient (Wildman–Crippen LogP) is 4.47. The van der Waals surface area contributed by atoms with Gasteiger partial charge in [0.1, 0.15) is 0 Å². The molecule has 4 nitrogen and oxygen atoms in total. The van der Waals surface area contributed by atoms with Crippen LogP contribution in [-0.2, 0) is 4.79 Å². The van der Waals surface area contributed by atoms with Gasteiger partial charge in [0.05, 0.1) is 22.8 Å². The van der Waals surface area contributed by atoms with Crippen LogP contribution >= 0.6 is 23.4 Å². The minimum absolute atomic E-state index is 0.364. The molecule has 0 saturated carbocycles. The van der Waals surface area contributed by atoms with Crippen molar-refractivity contribution in [2.45, 2.75) is 24.3 Å². The molecule has 2 N–H and O–H groups in total. The molecule has 1 heterocycles. The molecule has 1 atom stereocenters. The summed E-state index contributed by atoms with van der Waals surface area (Å²) in [6.07, 6.45) is 1.81. The van der Waals surface area contributed by atoms with Gasteiger partial charge in [-0.05, 0) is 37.6 Å². The fourth-order valence-corrected chi connectivity index (χ4v) is 3.48. The van der Waals surface area contributed by atoms with Crippen LogP contribution in [0.3, 0.4) is 0 Å². The molecule has 128 valence electrons. The molecule has 3 aromatic rings. The number of imidazole rings is 1. The zero-order valence-corrected chi connectivity index (χ0v) is 15.5. The topological polar surface area (TPSA) is 60.9 Å². The number of primary amides is 1. The first-order chi connectivity index (χ1) is 12.0. The van der Waals surface area contributed by atoms with Crippen molar-refractivity contribution in [3.05, 3.63) is 65.3 Å². The molecule has 6 heteroatoms. The van der Waals surface area contributed by atoms with Gasteiger partial charge in [0.15, 0.2) is 5.16 Å². The molecule has 0 aliphatic rings. The van der Waals surface area contributed by atoms with E-state index < -0.39 is 0 Å². The number of hydrogen-bond acceptors (Lipinski definition) is 3. The Balaban J connectivity index is 2.16. The lowest BCUT2D eigenvalue weighted by atomic mass is 10.1. The van der Waals surface area contributed by atoms with Gasteiger partial charge in [-0.1, -0.05) is 53.7 Å². The summed E-state index contributed by atoms with van der Waals surface area (Å²) < 4.78 is 2.06. The van der Waals surface area contributed by atoms with Crippen LogP contribution in [0.5, 0.6) is 0 Å². The quantitative estimate of drug-likeness (QED) is 0.673. The third-order valence-electron chi connectivity index (χ3n) is 3.91. The van der Waals surface area contributed by atoms with Gasteiger partial charge in [0.25, 0.3) is 0 Å². The van der Waals surface area contributed by atoms with Crippen LogP contribution in [0.25, 0.3) is 16.9 Å². The van der Waals surface area contributed by atoms with Gasteiger partial charge in [-0.2, -0.15) is 0 Å². The maximum atomic E-state index is 11.5. The Morgan fingerprint density at radius 1 is 1.20 bits per heavy atom. The molecule has 0 aliphatic heterocycles. The number of carbonyl (C=O) groups is 1. The first-order valence-corrected chi connectivity index (χ1v) is 9.09. The second-order valence-electron chi connectivity index (χ2n) is 5.72. The van der Waals surface area contributed by atoms with Crippen molar-refractivity contribution in [2.24, 2.45) is 5.73 Å². The monoisotopic (exact) mass is 371 g/mol. The van der Waals surface area contributed by atoms with Gasteiger partial charge in [-0.15, -0.1) is 0 Å². The van der Waals surface area contributed by atoms with Gasteiger partial charge in [-0.25, -0.2) is 4.98 Å². The second-order valence-corrected chi connectivity index (χ2v) is 7.46. The molecule has 3 rings (SSSR count). The number of halogens is 1. The number of carbonyl (C=O) groups excluding carboxylic acids is 1. The number of rotatable bonds is 5. The van der Waals surface area contributed by atoms with Gasteiger partial charge in [0, 0.05) is 10.6 Å². The number of nitrogens with zero attached hydrogens (tertiary/aromatic N) is 2. The lowest BCUT2D eigenvalue weighted by Crippen LogP contribution is -2.23. The summed E-state index contributed by atoms with van der Waals surface area (Å²) in [7, 11) is 0. The lowest BCUT2D eigenvalue weighted by Gasteiger charge is -2.15. The van der Waals surface area contributed by atoms with Gasteiger partial charge < -0.3 is 5.73 Å². The maximum Gasteiger partial charge on any atom is 0.230 e. The highest BCUT2D eigenvalue weighted by Gasteiger charge is 2.19. The van der Waals surface area contributed by atoms with E-state index in [0.29, 0.717) is 5.02 Å². The number of para-hydroxylation sites is 1. The Labute approximate surface area is 156 Å². The van der Waals surface area contributed by atoms with E-state index in [-0.39, 0.29) is 11.2 Å². The number of thioether (sulfide) groups is 1. The highest BCUT2D eigenvalue weighted by molar-refractivity contribution is 8.00. The zero-order chi connectivity index (χ0) is 18.0. The number of aromatic nitrogens is 2. The molecular formula is C19H18ClN3OS. The second kappa shape index (κ2) is 7.33. The molecule has 1 aromatic heterocycles. The van der Waals surface area contributed by atoms with E-state index in [2.05, 4.69) is 9.55 Å². The first-order valence-electron chi connectivity index (χ1n) is 7.83. The zero-order valence-electron chi connectivity index (χ0n) is 13.9. The van der Waals surface area contributed by atoms with Crippen molar-refractivity contribution < 1.29 is 4.79 Å². The standard InChI is InChI=1S/C19H18ClN3OS/c1-12-5-3-4-6-16(12)23-17(14-7-9-15(20)10-8-14)11-22-19(23)25-13(2)18(21)24/h3-11,13H,1-2H3,(H2,21,24). The van der Waals surface area contributed by atoms with E-state index in [1.165, 1.54) is 11.8 Å². The average molecular weight is 372 g/mol. The number of hydrogen-bond donors (Lipinski definition) is 1. The number of amides is 1. The van der Waals surface area contributed by atoms with Crippen molar-refractivity contribution in [3.8, 4) is 16.9 Å². The minimum atomic E-state index is -0.372. The Kier molecular flexibility index (Phi) is 5.16. The summed E-state index contributed by atoms with van der Waals surface area (Å²) in [5.74, 6) is -0.364. The fraction of sp³-hybridized carbons (Fsp3) is 0.158. The smallest absolute Gasteiger partial charge is 0.230 e. The van der Waals surface area contributed by atoms with Crippen LogP contribution in [0.2, 0.25) is 5.02 Å². The summed E-state index contributed by atoms with van der Waals surface area (Å²) in [6.45, 7) is 3.83. The van der Waals surface area contributed by atoms with Crippen LogP contribution in [0.1, 0.15) is 12.5 Å². The molecule has 0 spiro atoms. The molecule has 0 saturated heterocycles. The highest BCUT2D eigenvalue weighted by Crippen LogP contribution is 2.33. The van der Waals surface area contributed by atoms with Gasteiger partial charge in [-0.3, -0.25) is 9.36 Å². The minimum Gasteiger partial charge on any atom is -0.369 e. The van der Waals surface area contributed by atoms with Crippen LogP contribution in [0.15, 0.2) is 59.9 Å². The van der Waals surface area contributed by atoms with E-state index in [9.17, 15) is 4.79 Å². The molecule has 2 aromatic carbocycles. The number of benzene rings is 2. The molecule has 0 aliphatic carbocycles. The van der Waals surface area contributed by atoms with Gasteiger partial charge >= 0.3 is 0 Å². The molecule has 0 fully saturated rings. The van der Waals surface area contributed by atoms with E-state index in [1.807, 2.05) is 61.7 Å². The first kappa shape index (κ1) is 17.6. The van der Waals surface area contributed by atoms with Crippen molar-refractivity contribution in [3.63, 3.8) is 0 Å². The summed E-state index contributed by atoms with van der Waals surface area (Å²) >= 11 is 7.36. The van der Waals surface area contributed by atoms with Crippen molar-refractivity contribution in [2.75, 3.05) is 0 Å². The van der Waals surface area contributed by atoms with Crippen LogP contribution in [0, 0.1) is 6.92 Å². The predicted molar refractivity (Wildman–Crippen MR) is 103 cm³/mol. The van der Waals surface area contributed by atoms with Crippen LogP contribution in [-0.4, -0.2) is 20.7 Å². The molecular weight excluding hydrogens is 354 g/mol. The van der Waals surface area contributed by atoms with E-state index in [0.717, 1.165) is 27.7 Å². The SMILES string of the molecule is Cc1ccccc1-n1c(-c2ccc(Cl)cc2)cnc1SC(C)C(N)=O. The summed E-state index contributed by atoms with van der Waals surface area (Å²) in [6, 6.07) is 15.7. The number of aryl methyl sites for hydroxylation is 1. The number of nitrogens with two attached hydrogens (primary N) is 1. The Bertz CT molecular complexity index is 905. The normalized spacial score (nSPS) is 12.1. The summed E-state index contributed by atoms with van der Waals surface area (Å²) in [4.78, 5) is 16.0. The van der Waals surface area contributed by atoms with E-state index in [1.54, 1.807) is 6.92 Å². The lowest BCUT2D eigenvalue weighted by molar-refractivity contribution is -0.117. The van der Waals surface area contributed by atoms with Crippen molar-refractivity contribution in [1.82, 2.24) is 9.55 Å². The van der Waals surface area contributed by atoms with Gasteiger partial charge in [0.2, 0.25) is 5.91 Å². The maximum absolute atomic E-state index is 11.5. The highest BCUT2D eigenvalue weighted by atomic mass is 35.5. The van der Waals surface area contributed by atoms with E-state index in [4.69, 9.17) is 17.3 Å². The fourth-order valence-electron chi connectivity index (χ4n) is 2.51. The molecule has 0 bridgehead atoms. The average Bonchev–Trinajstić information content (AvgIpc) is 2.99. The largest absolute Gasteiger partial charge is 0.369 e. The molecule has 25 heavy (non-hydrogen) atoms. The summed E-state index contributed by atoms with van der Waals surface area (Å²) in [5, 5.41) is 1.04.